The number of carbonyl (C=O) groups is 1. The van der Waals surface area contributed by atoms with Gasteiger partial charge in [-0.2, -0.15) is 0 Å². The Morgan fingerprint density at radius 1 is 1.11 bits per heavy atom. The van der Waals surface area contributed by atoms with Crippen LogP contribution in [-0.4, -0.2) is 42.0 Å². The van der Waals surface area contributed by atoms with E-state index >= 15 is 0 Å². The minimum absolute atomic E-state index is 0.216. The highest BCUT2D eigenvalue weighted by atomic mass is 35.5. The fourth-order valence-corrected chi connectivity index (χ4v) is 4.61. The fraction of sp³-hybridized carbons (Fsp3) is 0.360. The van der Waals surface area contributed by atoms with Crippen LogP contribution in [0.2, 0.25) is 5.02 Å². The first-order valence-corrected chi connectivity index (χ1v) is 12.9. The van der Waals surface area contributed by atoms with E-state index < -0.39 is 6.36 Å². The van der Waals surface area contributed by atoms with Crippen LogP contribution in [0.1, 0.15) is 24.6 Å². The van der Waals surface area contributed by atoms with Gasteiger partial charge in [-0.15, -0.1) is 24.5 Å². The maximum absolute atomic E-state index is 12.5. The van der Waals surface area contributed by atoms with Crippen molar-refractivity contribution in [1.82, 2.24) is 20.1 Å². The van der Waals surface area contributed by atoms with Crippen LogP contribution in [0, 0.1) is 0 Å². The molecule has 7 nitrogen and oxygen atoms in total. The minimum atomic E-state index is -4.75. The highest BCUT2D eigenvalue weighted by Crippen LogP contribution is 2.25. The maximum atomic E-state index is 12.5. The van der Waals surface area contributed by atoms with Crippen LogP contribution < -0.4 is 20.2 Å². The van der Waals surface area contributed by atoms with E-state index in [1.165, 1.54) is 35.6 Å². The number of aromatic nitrogens is 1. The summed E-state index contributed by atoms with van der Waals surface area (Å²) in [4.78, 5) is 19.2. The average molecular weight is 556 g/mol. The molecule has 0 radical (unpaired) electrons. The SMILES string of the molecule is CCNC(=O)NCCCn1c(CN(C)Cc2ccc(Cl)cc2)csc1=Nc1ccc(OC(F)(F)F)cc1. The van der Waals surface area contributed by atoms with Crippen molar-refractivity contribution in [1.29, 1.82) is 0 Å². The third-order valence-corrected chi connectivity index (χ3v) is 6.32. The smallest absolute Gasteiger partial charge is 0.406 e. The van der Waals surface area contributed by atoms with Crippen LogP contribution in [0.5, 0.6) is 5.75 Å². The maximum Gasteiger partial charge on any atom is 0.573 e. The Kier molecular flexibility index (Phi) is 10.4. The lowest BCUT2D eigenvalue weighted by Crippen LogP contribution is -2.36. The summed E-state index contributed by atoms with van der Waals surface area (Å²) in [5.74, 6) is -0.300. The van der Waals surface area contributed by atoms with Crippen LogP contribution in [0.4, 0.5) is 23.7 Å². The third kappa shape index (κ3) is 9.75. The molecule has 3 rings (SSSR count). The molecule has 0 aliphatic heterocycles. The van der Waals surface area contributed by atoms with Gasteiger partial charge in [-0.3, -0.25) is 4.90 Å². The van der Waals surface area contributed by atoms with Gasteiger partial charge in [0.2, 0.25) is 0 Å². The Balaban J connectivity index is 1.77. The minimum Gasteiger partial charge on any atom is -0.406 e. The van der Waals surface area contributed by atoms with Crippen molar-refractivity contribution in [2.75, 3.05) is 20.1 Å². The second-order valence-electron chi connectivity index (χ2n) is 8.25. The van der Waals surface area contributed by atoms with Crippen LogP contribution in [0.3, 0.4) is 0 Å². The molecule has 2 amide bonds. The van der Waals surface area contributed by atoms with Crippen LogP contribution in [0.25, 0.3) is 0 Å². The molecule has 0 aliphatic rings. The molecule has 0 saturated carbocycles. The van der Waals surface area contributed by atoms with E-state index in [9.17, 15) is 18.0 Å². The van der Waals surface area contributed by atoms with Crippen LogP contribution in [-0.2, 0) is 19.6 Å². The Labute approximate surface area is 222 Å². The lowest BCUT2D eigenvalue weighted by atomic mass is 10.2. The van der Waals surface area contributed by atoms with Crippen LogP contribution >= 0.6 is 22.9 Å². The topological polar surface area (TPSA) is 70.9 Å². The Morgan fingerprint density at radius 2 is 1.81 bits per heavy atom. The zero-order chi connectivity index (χ0) is 26.8. The lowest BCUT2D eigenvalue weighted by molar-refractivity contribution is -0.274. The van der Waals surface area contributed by atoms with Crippen molar-refractivity contribution in [2.24, 2.45) is 4.99 Å². The molecule has 37 heavy (non-hydrogen) atoms. The molecule has 0 aliphatic carbocycles. The number of nitrogens with zero attached hydrogens (tertiary/aromatic N) is 3. The molecule has 0 fully saturated rings. The number of benzene rings is 2. The van der Waals surface area contributed by atoms with E-state index in [4.69, 9.17) is 11.6 Å². The summed E-state index contributed by atoms with van der Waals surface area (Å²) in [5.41, 5.74) is 2.67. The summed E-state index contributed by atoms with van der Waals surface area (Å²) in [6, 6.07) is 12.9. The number of hydrogen-bond donors (Lipinski definition) is 2. The summed E-state index contributed by atoms with van der Waals surface area (Å²) in [5, 5.41) is 8.23. The molecule has 0 atom stereocenters. The van der Waals surface area contributed by atoms with Gasteiger partial charge in [0.25, 0.3) is 0 Å². The first kappa shape index (κ1) is 28.5. The van der Waals surface area contributed by atoms with Crippen LogP contribution in [0.15, 0.2) is 58.9 Å². The van der Waals surface area contributed by atoms with E-state index in [0.29, 0.717) is 48.1 Å². The largest absolute Gasteiger partial charge is 0.573 e. The zero-order valence-corrected chi connectivity index (χ0v) is 22.1. The van der Waals surface area contributed by atoms with E-state index in [1.54, 1.807) is 0 Å². The molecule has 1 heterocycles. The monoisotopic (exact) mass is 555 g/mol. The lowest BCUT2D eigenvalue weighted by Gasteiger charge is -2.18. The highest BCUT2D eigenvalue weighted by molar-refractivity contribution is 7.07. The number of carbonyl (C=O) groups excluding carboxylic acids is 1. The summed E-state index contributed by atoms with van der Waals surface area (Å²) in [6.07, 6.45) is -4.07. The highest BCUT2D eigenvalue weighted by Gasteiger charge is 2.30. The molecule has 3 aromatic rings. The quantitative estimate of drug-likeness (QED) is 0.299. The van der Waals surface area contributed by atoms with E-state index in [2.05, 4.69) is 29.8 Å². The van der Waals surface area contributed by atoms with Crippen molar-refractivity contribution in [2.45, 2.75) is 39.3 Å². The predicted octanol–water partition coefficient (Wildman–Crippen LogP) is 5.68. The summed E-state index contributed by atoms with van der Waals surface area (Å²) in [6.45, 7) is 4.86. The standard InChI is InChI=1S/C25H29ClF3N5O2S/c1-3-30-23(35)31-13-4-14-34-21(16-33(2)15-18-5-7-19(26)8-6-18)17-37-24(34)32-20-9-11-22(12-10-20)36-25(27,28)29/h5-12,17H,3-4,13-16H2,1-2H3,(H2,30,31,35). The fourth-order valence-electron chi connectivity index (χ4n) is 3.55. The van der Waals surface area contributed by atoms with E-state index in [1.807, 2.05) is 43.6 Å². The second kappa shape index (κ2) is 13.5. The molecule has 2 aromatic carbocycles. The predicted molar refractivity (Wildman–Crippen MR) is 139 cm³/mol. The Morgan fingerprint density at radius 3 is 2.46 bits per heavy atom. The molecular formula is C25H29ClF3N5O2S. The van der Waals surface area contributed by atoms with Crippen molar-refractivity contribution in [3.8, 4) is 5.75 Å². The van der Waals surface area contributed by atoms with Gasteiger partial charge >= 0.3 is 12.4 Å². The number of ether oxygens (including phenoxy) is 1. The number of alkyl halides is 3. The third-order valence-electron chi connectivity index (χ3n) is 5.15. The molecule has 2 N–H and O–H groups in total. The van der Waals surface area contributed by atoms with E-state index in [0.717, 1.165) is 17.8 Å². The molecule has 0 bridgehead atoms. The van der Waals surface area contributed by atoms with E-state index in [-0.39, 0.29) is 11.8 Å². The van der Waals surface area contributed by atoms with Crippen molar-refractivity contribution in [3.05, 3.63) is 75.0 Å². The molecule has 0 spiro atoms. The number of hydrogen-bond acceptors (Lipinski definition) is 5. The first-order chi connectivity index (χ1) is 17.6. The Hall–Kier alpha value is -3.02. The number of thiazole rings is 1. The zero-order valence-electron chi connectivity index (χ0n) is 20.5. The Bertz CT molecular complexity index is 1210. The normalized spacial score (nSPS) is 12.1. The van der Waals surface area contributed by atoms with Gasteiger partial charge in [-0.1, -0.05) is 23.7 Å². The number of urea groups is 1. The molecule has 0 saturated heterocycles. The van der Waals surface area contributed by atoms with Gasteiger partial charge in [0, 0.05) is 48.8 Å². The number of amides is 2. The van der Waals surface area contributed by atoms with Crippen molar-refractivity contribution >= 4 is 34.7 Å². The molecule has 200 valence electrons. The molecule has 0 unspecified atom stereocenters. The van der Waals surface area contributed by atoms with Gasteiger partial charge in [-0.05, 0) is 62.4 Å². The number of nitrogens with one attached hydrogen (secondary N) is 2. The summed E-state index contributed by atoms with van der Waals surface area (Å²) < 4.78 is 43.4. The molecule has 1 aromatic heterocycles. The number of rotatable bonds is 11. The van der Waals surface area contributed by atoms with Gasteiger partial charge in [-0.25, -0.2) is 9.79 Å². The second-order valence-corrected chi connectivity index (χ2v) is 9.53. The summed E-state index contributed by atoms with van der Waals surface area (Å²) >= 11 is 7.44. The van der Waals surface area contributed by atoms with Crippen molar-refractivity contribution < 1.29 is 22.7 Å². The van der Waals surface area contributed by atoms with Gasteiger partial charge < -0.3 is 19.9 Å². The van der Waals surface area contributed by atoms with Gasteiger partial charge in [0.05, 0.1) is 5.69 Å². The number of halogens is 4. The first-order valence-electron chi connectivity index (χ1n) is 11.7. The van der Waals surface area contributed by atoms with Gasteiger partial charge in [0.1, 0.15) is 5.75 Å². The molecule has 12 heteroatoms. The summed E-state index contributed by atoms with van der Waals surface area (Å²) in [7, 11) is 2.02. The van der Waals surface area contributed by atoms with Gasteiger partial charge in [0.15, 0.2) is 4.80 Å². The molecular weight excluding hydrogens is 527 g/mol. The average Bonchev–Trinajstić information content (AvgIpc) is 3.19. The van der Waals surface area contributed by atoms with Crippen molar-refractivity contribution in [3.63, 3.8) is 0 Å².